The van der Waals surface area contributed by atoms with Crippen molar-refractivity contribution >= 4 is 59.0 Å². The highest BCUT2D eigenvalue weighted by molar-refractivity contribution is 8.01. The molecule has 0 saturated heterocycles. The Balaban J connectivity index is 0. The average Bonchev–Trinajstić information content (AvgIpc) is 3.68. The number of rotatable bonds is 45. The first-order valence-electron chi connectivity index (χ1n) is 26.5. The van der Waals surface area contributed by atoms with E-state index in [1.165, 1.54) is 33.1 Å². The number of aliphatic carboxylic acids is 1. The van der Waals surface area contributed by atoms with Crippen molar-refractivity contribution < 1.29 is 111 Å². The van der Waals surface area contributed by atoms with Crippen molar-refractivity contribution in [2.45, 2.75) is 166 Å². The molecule has 0 aromatic carbocycles. The predicted molar refractivity (Wildman–Crippen MR) is 283 cm³/mol. The smallest absolute Gasteiger partial charge is 0.305 e. The number of methoxy groups -OCH3 is 3. The number of carboxylic acids is 1. The maximum absolute atomic E-state index is 12.4. The van der Waals surface area contributed by atoms with Crippen molar-refractivity contribution in [3.05, 3.63) is 0 Å². The predicted octanol–water partition coefficient (Wildman–Crippen LogP) is 0.964. The lowest BCUT2D eigenvalue weighted by Gasteiger charge is -2.21. The van der Waals surface area contributed by atoms with Crippen LogP contribution < -0.4 is 16.0 Å². The van der Waals surface area contributed by atoms with Crippen LogP contribution in [0, 0.1) is 5.92 Å². The molecule has 456 valence electrons. The fraction of sp³-hybridized carbons (Fsp3) is 0.843. The number of nitrogens with one attached hydrogen (secondary N) is 3. The molecule has 1 rings (SSSR count). The van der Waals surface area contributed by atoms with E-state index in [0.29, 0.717) is 32.2 Å². The number of thioether (sulfide) groups is 1. The van der Waals surface area contributed by atoms with Crippen LogP contribution >= 0.6 is 11.8 Å². The molecule has 8 unspecified atom stereocenters. The summed E-state index contributed by atoms with van der Waals surface area (Å²) in [4.78, 5) is 94.0. The van der Waals surface area contributed by atoms with Crippen molar-refractivity contribution in [3.63, 3.8) is 0 Å². The number of hydrogen-bond donors (Lipinski definition) is 8. The van der Waals surface area contributed by atoms with E-state index in [0.717, 1.165) is 0 Å². The first-order valence-corrected chi connectivity index (χ1v) is 27.4. The standard InChI is InChI=1S/C32H55N3O12S.C12H22O7.C7H16O4/c1-5-23(20-36)47-31(43-4)21-46-30(41)8-6-7-27(38)33-12-13-34-29(40)11-15-44-17-18-45-16-14-35-28(39)10-9-24-25(37)19-26(32(24)42)48-22(2)3;1-3-9(7-13)19-12(17-2)8-18-11(16)6-4-5-10(14)15;1-3-6(4-8)11-7(5-9)10-2/h22-24,26,31,36H,5-21H2,1-4H3,(H,33,38)(H,34,40)(H,35,39);9,12-13H,3-8H2,1-2H3,(H,14,15);6-9H,3-5H2,1-2H3. The quantitative estimate of drug-likeness (QED) is 0.0182. The highest BCUT2D eigenvalue weighted by atomic mass is 32.2. The first-order chi connectivity index (χ1) is 37.3. The number of aliphatic hydroxyl groups is 4. The summed E-state index contributed by atoms with van der Waals surface area (Å²) in [5.74, 6) is -3.46. The van der Waals surface area contributed by atoms with E-state index in [2.05, 4.69) is 16.0 Å². The lowest BCUT2D eigenvalue weighted by atomic mass is 10.00. The molecule has 26 nitrogen and oxygen atoms in total. The number of ketones is 2. The van der Waals surface area contributed by atoms with Crippen LogP contribution in [0.3, 0.4) is 0 Å². The Morgan fingerprint density at radius 1 is 0.564 bits per heavy atom. The van der Waals surface area contributed by atoms with Gasteiger partial charge < -0.3 is 88.9 Å². The minimum Gasteiger partial charge on any atom is -0.481 e. The molecule has 8 N–H and O–H groups in total. The summed E-state index contributed by atoms with van der Waals surface area (Å²) in [6.07, 6.45) is 0.162. The summed E-state index contributed by atoms with van der Waals surface area (Å²) < 4.78 is 51.6. The summed E-state index contributed by atoms with van der Waals surface area (Å²) in [5.41, 5.74) is 0. The monoisotopic (exact) mass is 1150 g/mol. The second-order valence-corrected chi connectivity index (χ2v) is 19.3. The van der Waals surface area contributed by atoms with Crippen LogP contribution in [-0.2, 0) is 85.7 Å². The lowest BCUT2D eigenvalue weighted by Crippen LogP contribution is -2.35. The molecule has 0 bridgehead atoms. The van der Waals surface area contributed by atoms with Crippen LogP contribution in [0.2, 0.25) is 0 Å². The van der Waals surface area contributed by atoms with Crippen LogP contribution in [0.4, 0.5) is 0 Å². The number of aliphatic hydroxyl groups excluding tert-OH is 4. The van der Waals surface area contributed by atoms with Gasteiger partial charge in [0, 0.05) is 85.9 Å². The van der Waals surface area contributed by atoms with Gasteiger partial charge in [-0.05, 0) is 43.8 Å². The molecular weight excluding hydrogens is 1050 g/mol. The van der Waals surface area contributed by atoms with Gasteiger partial charge in [0.15, 0.2) is 24.7 Å². The van der Waals surface area contributed by atoms with Crippen LogP contribution in [0.1, 0.15) is 118 Å². The van der Waals surface area contributed by atoms with Gasteiger partial charge in [0.05, 0.1) is 82.3 Å². The Morgan fingerprint density at radius 2 is 1.00 bits per heavy atom. The van der Waals surface area contributed by atoms with Gasteiger partial charge in [-0.15, -0.1) is 11.8 Å². The highest BCUT2D eigenvalue weighted by Crippen LogP contribution is 2.33. The average molecular weight is 1150 g/mol. The van der Waals surface area contributed by atoms with E-state index >= 15 is 0 Å². The molecule has 3 amide bonds. The number of carboxylic acid groups (broad SMARTS) is 1. The van der Waals surface area contributed by atoms with E-state index in [1.807, 2.05) is 34.6 Å². The molecule has 1 saturated carbocycles. The van der Waals surface area contributed by atoms with Crippen molar-refractivity contribution in [3.8, 4) is 0 Å². The maximum Gasteiger partial charge on any atom is 0.305 e. The molecule has 1 aliphatic carbocycles. The molecule has 0 aromatic heterocycles. The molecule has 78 heavy (non-hydrogen) atoms. The molecule has 0 aliphatic heterocycles. The summed E-state index contributed by atoms with van der Waals surface area (Å²) in [5, 5.41) is 52.0. The van der Waals surface area contributed by atoms with E-state index in [9.17, 15) is 43.5 Å². The van der Waals surface area contributed by atoms with Crippen molar-refractivity contribution in [2.24, 2.45) is 5.92 Å². The Hall–Kier alpha value is -3.97. The Labute approximate surface area is 463 Å². The molecule has 0 radical (unpaired) electrons. The number of ether oxygens (including phenoxy) is 10. The topological polar surface area (TPSA) is 366 Å². The first kappa shape index (κ1) is 76.1. The summed E-state index contributed by atoms with van der Waals surface area (Å²) in [6.45, 7) is 10.6. The van der Waals surface area contributed by atoms with Crippen molar-refractivity contribution in [1.29, 1.82) is 0 Å². The molecule has 1 aliphatic rings. The molecule has 27 heteroatoms. The van der Waals surface area contributed by atoms with Gasteiger partial charge in [-0.3, -0.25) is 38.4 Å². The third kappa shape index (κ3) is 41.1. The number of carbonyl (C=O) groups excluding carboxylic acids is 7. The van der Waals surface area contributed by atoms with Gasteiger partial charge in [-0.2, -0.15) is 0 Å². The Morgan fingerprint density at radius 3 is 1.44 bits per heavy atom. The zero-order valence-electron chi connectivity index (χ0n) is 47.1. The van der Waals surface area contributed by atoms with Crippen LogP contribution in [-0.4, -0.2) is 227 Å². The fourth-order valence-corrected chi connectivity index (χ4v) is 7.66. The van der Waals surface area contributed by atoms with Gasteiger partial charge in [-0.25, -0.2) is 0 Å². The molecule has 1 fully saturated rings. The summed E-state index contributed by atoms with van der Waals surface area (Å²) in [6, 6.07) is 0. The van der Waals surface area contributed by atoms with E-state index in [-0.39, 0.29) is 189 Å². The van der Waals surface area contributed by atoms with Crippen LogP contribution in [0.15, 0.2) is 0 Å². The van der Waals surface area contributed by atoms with Gasteiger partial charge in [-0.1, -0.05) is 34.6 Å². The zero-order chi connectivity index (χ0) is 59.1. The fourth-order valence-electron chi connectivity index (χ4n) is 6.44. The molecular formula is C51H93N3O23S. The van der Waals surface area contributed by atoms with Gasteiger partial charge in [0.2, 0.25) is 17.7 Å². The van der Waals surface area contributed by atoms with E-state index < -0.39 is 48.8 Å². The second-order valence-electron chi connectivity index (χ2n) is 17.6. The number of Topliss-reactive ketones (excluding diaryl/α,β-unsaturated/α-hetero) is 2. The summed E-state index contributed by atoms with van der Waals surface area (Å²) in [7, 11) is 4.27. The lowest BCUT2D eigenvalue weighted by molar-refractivity contribution is -0.194. The number of carbonyl (C=O) groups is 8. The van der Waals surface area contributed by atoms with Crippen molar-refractivity contribution in [1.82, 2.24) is 16.0 Å². The molecule has 0 spiro atoms. The van der Waals surface area contributed by atoms with Gasteiger partial charge >= 0.3 is 17.9 Å². The maximum atomic E-state index is 12.4. The Bertz CT molecular complexity index is 1610. The number of hydrogen-bond acceptors (Lipinski definition) is 23. The normalized spacial score (nSPS) is 16.3. The van der Waals surface area contributed by atoms with Crippen LogP contribution in [0.25, 0.3) is 0 Å². The molecule has 0 heterocycles. The van der Waals surface area contributed by atoms with Gasteiger partial charge in [0.1, 0.15) is 19.0 Å². The number of amides is 3. The minimum atomic E-state index is -0.945. The minimum absolute atomic E-state index is 0.0416. The van der Waals surface area contributed by atoms with Crippen molar-refractivity contribution in [2.75, 3.05) is 107 Å². The SMILES string of the molecule is CCC(CO)OC(CO)OC.CCC(CO)OC(COC(=O)CCCC(=O)NCCNC(=O)CCOCCOCCNC(=O)CCC1C(=O)CC(SC(C)C)C1=O)OC.CCC(CO)OC(COC(=O)CCCC(=O)O)OC. The Kier molecular flexibility index (Phi) is 48.8. The van der Waals surface area contributed by atoms with Gasteiger partial charge in [0.25, 0.3) is 0 Å². The highest BCUT2D eigenvalue weighted by Gasteiger charge is 2.41. The molecule has 0 aromatic rings. The van der Waals surface area contributed by atoms with E-state index in [4.69, 9.17) is 67.8 Å². The zero-order valence-corrected chi connectivity index (χ0v) is 47.9. The third-order valence-electron chi connectivity index (χ3n) is 11.0. The largest absolute Gasteiger partial charge is 0.481 e. The summed E-state index contributed by atoms with van der Waals surface area (Å²) >= 11 is 1.50. The molecule has 8 atom stereocenters. The third-order valence-corrected chi connectivity index (χ3v) is 12.3. The number of esters is 2. The van der Waals surface area contributed by atoms with Crippen LogP contribution in [0.5, 0.6) is 0 Å². The van der Waals surface area contributed by atoms with E-state index in [1.54, 1.807) is 0 Å². The second kappa shape index (κ2) is 50.0.